The van der Waals surface area contributed by atoms with Crippen molar-refractivity contribution in [2.75, 3.05) is 31.7 Å². The van der Waals surface area contributed by atoms with E-state index in [0.29, 0.717) is 17.6 Å². The lowest BCUT2D eigenvalue weighted by Gasteiger charge is -2.27. The minimum atomic E-state index is -1.03. The molecule has 1 aliphatic heterocycles. The van der Waals surface area contributed by atoms with Crippen molar-refractivity contribution >= 4 is 11.9 Å². The minimum absolute atomic E-state index is 0.0363. The number of carboxylic acid groups (broad SMARTS) is 1. The summed E-state index contributed by atoms with van der Waals surface area (Å²) in [6, 6.07) is 1.48. The van der Waals surface area contributed by atoms with Crippen LogP contribution in [0.25, 0.3) is 0 Å². The van der Waals surface area contributed by atoms with Crippen LogP contribution in [0.2, 0.25) is 0 Å². The molecule has 1 atom stereocenters. The van der Waals surface area contributed by atoms with Gasteiger partial charge in [-0.25, -0.2) is 14.8 Å². The first-order valence-corrected chi connectivity index (χ1v) is 6.44. The van der Waals surface area contributed by atoms with Crippen molar-refractivity contribution in [2.24, 2.45) is 5.92 Å². The minimum Gasteiger partial charge on any atom is -0.477 e. The fraction of sp³-hybridized carbons (Fsp3) is 0.615. The second-order valence-corrected chi connectivity index (χ2v) is 4.96. The lowest BCUT2D eigenvalue weighted by molar-refractivity contribution is 0.0575. The Labute approximate surface area is 112 Å². The number of aromatic carboxylic acids is 1. The summed E-state index contributed by atoms with van der Waals surface area (Å²) in [5, 5.41) is 9.01. The predicted molar refractivity (Wildman–Crippen MR) is 70.5 cm³/mol. The summed E-state index contributed by atoms with van der Waals surface area (Å²) in [5.74, 6) is -0.111. The highest BCUT2D eigenvalue weighted by atomic mass is 16.5. The fourth-order valence-corrected chi connectivity index (χ4v) is 2.25. The van der Waals surface area contributed by atoms with Crippen LogP contribution >= 0.6 is 0 Å². The lowest BCUT2D eigenvalue weighted by atomic mass is 10.0. The number of aryl methyl sites for hydroxylation is 1. The van der Waals surface area contributed by atoms with Gasteiger partial charge in [-0.2, -0.15) is 0 Å². The zero-order valence-corrected chi connectivity index (χ0v) is 11.3. The number of hydrogen-bond donors (Lipinski definition) is 1. The van der Waals surface area contributed by atoms with Gasteiger partial charge in [-0.15, -0.1) is 0 Å². The van der Waals surface area contributed by atoms with Gasteiger partial charge in [-0.1, -0.05) is 0 Å². The van der Waals surface area contributed by atoms with Gasteiger partial charge < -0.3 is 14.7 Å². The number of hydrogen-bond acceptors (Lipinski definition) is 5. The Morgan fingerprint density at radius 3 is 3.00 bits per heavy atom. The number of nitrogens with zero attached hydrogens (tertiary/aromatic N) is 3. The van der Waals surface area contributed by atoms with E-state index in [1.165, 1.54) is 6.07 Å². The number of carboxylic acids is 1. The summed E-state index contributed by atoms with van der Waals surface area (Å²) >= 11 is 0. The molecule has 6 heteroatoms. The summed E-state index contributed by atoms with van der Waals surface area (Å²) in [5.41, 5.74) is 0.698. The molecule has 1 aromatic heterocycles. The number of rotatable bonds is 4. The van der Waals surface area contributed by atoms with Crippen LogP contribution in [0.3, 0.4) is 0 Å². The summed E-state index contributed by atoms with van der Waals surface area (Å²) in [7, 11) is 1.88. The average Bonchev–Trinajstić information content (AvgIpc) is 2.39. The van der Waals surface area contributed by atoms with Crippen molar-refractivity contribution < 1.29 is 14.6 Å². The molecule has 6 nitrogen and oxygen atoms in total. The molecule has 2 rings (SSSR count). The van der Waals surface area contributed by atoms with Gasteiger partial charge in [0.05, 0.1) is 6.61 Å². The normalized spacial score (nSPS) is 19.2. The van der Waals surface area contributed by atoms with E-state index in [9.17, 15) is 4.79 Å². The lowest BCUT2D eigenvalue weighted by Crippen LogP contribution is -2.32. The van der Waals surface area contributed by atoms with Gasteiger partial charge in [0, 0.05) is 25.9 Å². The van der Waals surface area contributed by atoms with Crippen molar-refractivity contribution in [1.82, 2.24) is 9.97 Å². The summed E-state index contributed by atoms with van der Waals surface area (Å²) in [6.07, 6.45) is 2.20. The van der Waals surface area contributed by atoms with Crippen LogP contribution < -0.4 is 4.90 Å². The molecule has 1 saturated heterocycles. The molecule has 1 aliphatic rings. The molecule has 1 N–H and O–H groups in total. The molecule has 0 aliphatic carbocycles. The van der Waals surface area contributed by atoms with E-state index in [-0.39, 0.29) is 5.69 Å². The van der Waals surface area contributed by atoms with Crippen molar-refractivity contribution in [3.8, 4) is 0 Å². The Morgan fingerprint density at radius 2 is 2.37 bits per heavy atom. The van der Waals surface area contributed by atoms with E-state index in [0.717, 1.165) is 32.6 Å². The molecule has 0 spiro atoms. The second kappa shape index (κ2) is 5.97. The zero-order chi connectivity index (χ0) is 13.8. The summed E-state index contributed by atoms with van der Waals surface area (Å²) in [6.45, 7) is 4.14. The molecular formula is C13H19N3O3. The van der Waals surface area contributed by atoms with Crippen molar-refractivity contribution in [1.29, 1.82) is 0 Å². The van der Waals surface area contributed by atoms with Crippen LogP contribution in [0.1, 0.15) is 29.0 Å². The van der Waals surface area contributed by atoms with Crippen LogP contribution in [0.5, 0.6) is 0 Å². The van der Waals surface area contributed by atoms with Gasteiger partial charge in [0.2, 0.25) is 5.95 Å². The Morgan fingerprint density at radius 1 is 1.58 bits per heavy atom. The number of carbonyl (C=O) groups is 1. The van der Waals surface area contributed by atoms with Gasteiger partial charge in [0.15, 0.2) is 5.69 Å². The van der Waals surface area contributed by atoms with Crippen molar-refractivity contribution in [2.45, 2.75) is 19.8 Å². The quantitative estimate of drug-likeness (QED) is 0.885. The largest absolute Gasteiger partial charge is 0.477 e. The third-order valence-corrected chi connectivity index (χ3v) is 3.19. The van der Waals surface area contributed by atoms with Gasteiger partial charge in [0.25, 0.3) is 0 Å². The molecule has 0 amide bonds. The highest BCUT2D eigenvalue weighted by Gasteiger charge is 2.18. The molecule has 2 heterocycles. The average molecular weight is 265 g/mol. The van der Waals surface area contributed by atoms with E-state index in [1.807, 2.05) is 11.9 Å². The first-order valence-electron chi connectivity index (χ1n) is 6.44. The Bertz CT molecular complexity index is 458. The third-order valence-electron chi connectivity index (χ3n) is 3.19. The van der Waals surface area contributed by atoms with E-state index in [4.69, 9.17) is 9.84 Å². The molecule has 0 saturated carbocycles. The number of anilines is 1. The molecule has 1 fully saturated rings. The Kier molecular flexibility index (Phi) is 4.31. The van der Waals surface area contributed by atoms with E-state index < -0.39 is 5.97 Å². The molecule has 0 bridgehead atoms. The van der Waals surface area contributed by atoms with Crippen LogP contribution in [0, 0.1) is 12.8 Å². The van der Waals surface area contributed by atoms with Gasteiger partial charge in [-0.3, -0.25) is 0 Å². The third kappa shape index (κ3) is 3.64. The summed E-state index contributed by atoms with van der Waals surface area (Å²) in [4.78, 5) is 21.3. The van der Waals surface area contributed by atoms with Gasteiger partial charge in [0.1, 0.15) is 0 Å². The molecule has 19 heavy (non-hydrogen) atoms. The first-order chi connectivity index (χ1) is 9.06. The Hall–Kier alpha value is -1.69. The van der Waals surface area contributed by atoms with Crippen LogP contribution in [-0.4, -0.2) is 47.8 Å². The maximum atomic E-state index is 11.0. The molecule has 1 unspecified atom stereocenters. The molecule has 1 aromatic rings. The SMILES string of the molecule is Cc1cc(C(=O)O)nc(N(C)CC2CCCOC2)n1. The van der Waals surface area contributed by atoms with E-state index in [1.54, 1.807) is 6.92 Å². The molecular weight excluding hydrogens is 246 g/mol. The highest BCUT2D eigenvalue weighted by Crippen LogP contribution is 2.17. The van der Waals surface area contributed by atoms with Crippen LogP contribution in [-0.2, 0) is 4.74 Å². The number of ether oxygens (including phenoxy) is 1. The predicted octanol–water partition coefficient (Wildman–Crippen LogP) is 1.35. The standard InChI is InChI=1S/C13H19N3O3/c1-9-6-11(12(17)18)15-13(14-9)16(2)7-10-4-3-5-19-8-10/h6,10H,3-5,7-8H2,1-2H3,(H,17,18). The molecule has 0 radical (unpaired) electrons. The van der Waals surface area contributed by atoms with Crippen LogP contribution in [0.4, 0.5) is 5.95 Å². The summed E-state index contributed by atoms with van der Waals surface area (Å²) < 4.78 is 5.44. The monoisotopic (exact) mass is 265 g/mol. The molecule has 0 aromatic carbocycles. The second-order valence-electron chi connectivity index (χ2n) is 4.96. The number of aromatic nitrogens is 2. The maximum Gasteiger partial charge on any atom is 0.354 e. The first kappa shape index (κ1) is 13.7. The van der Waals surface area contributed by atoms with Gasteiger partial charge >= 0.3 is 5.97 Å². The van der Waals surface area contributed by atoms with E-state index in [2.05, 4.69) is 9.97 Å². The smallest absolute Gasteiger partial charge is 0.354 e. The van der Waals surface area contributed by atoms with Crippen molar-refractivity contribution in [3.05, 3.63) is 17.5 Å². The molecule has 104 valence electrons. The Balaban J connectivity index is 2.09. The van der Waals surface area contributed by atoms with E-state index >= 15 is 0 Å². The van der Waals surface area contributed by atoms with Gasteiger partial charge in [-0.05, 0) is 31.7 Å². The topological polar surface area (TPSA) is 75.5 Å². The zero-order valence-electron chi connectivity index (χ0n) is 11.3. The van der Waals surface area contributed by atoms with Crippen LogP contribution in [0.15, 0.2) is 6.07 Å². The fourth-order valence-electron chi connectivity index (χ4n) is 2.25. The maximum absolute atomic E-state index is 11.0. The van der Waals surface area contributed by atoms with Crippen molar-refractivity contribution in [3.63, 3.8) is 0 Å². The highest BCUT2D eigenvalue weighted by molar-refractivity contribution is 5.85.